The fourth-order valence-corrected chi connectivity index (χ4v) is 5.52. The normalized spacial score (nSPS) is 25.1. The summed E-state index contributed by atoms with van der Waals surface area (Å²) in [4.78, 5) is 7.35. The molecule has 0 bridgehead atoms. The van der Waals surface area contributed by atoms with Crippen molar-refractivity contribution in [2.24, 2.45) is 0 Å². The predicted molar refractivity (Wildman–Crippen MR) is 120 cm³/mol. The highest BCUT2D eigenvalue weighted by Crippen LogP contribution is 2.46. The van der Waals surface area contributed by atoms with Crippen molar-refractivity contribution in [1.29, 1.82) is 0 Å². The van der Waals surface area contributed by atoms with Crippen LogP contribution in [-0.4, -0.2) is 22.5 Å². The highest BCUT2D eigenvalue weighted by atomic mass is 16.3. The molecule has 29 heavy (non-hydrogen) atoms. The second kappa shape index (κ2) is 6.90. The van der Waals surface area contributed by atoms with Gasteiger partial charge in [-0.25, -0.2) is 4.98 Å². The Kier molecular flexibility index (Phi) is 4.45. The molecule has 3 aliphatic rings. The van der Waals surface area contributed by atoms with Gasteiger partial charge in [0.1, 0.15) is 5.76 Å². The summed E-state index contributed by atoms with van der Waals surface area (Å²) in [5.41, 5.74) is 7.33. The molecule has 2 aromatic heterocycles. The average molecular weight is 389 g/mol. The minimum Gasteiger partial charge on any atom is -0.438 e. The Morgan fingerprint density at radius 1 is 1.21 bits per heavy atom. The molecule has 2 aliphatic carbocycles. The first-order valence-corrected chi connectivity index (χ1v) is 11.3. The van der Waals surface area contributed by atoms with Crippen LogP contribution in [0.25, 0.3) is 16.7 Å². The zero-order valence-corrected chi connectivity index (χ0v) is 18.2. The molecule has 3 nitrogen and oxygen atoms in total. The van der Waals surface area contributed by atoms with Gasteiger partial charge in [-0.3, -0.25) is 0 Å². The molecule has 5 rings (SSSR count). The van der Waals surface area contributed by atoms with Crippen LogP contribution in [0.1, 0.15) is 82.2 Å². The molecular weight excluding hydrogens is 356 g/mol. The van der Waals surface area contributed by atoms with E-state index in [1.807, 2.05) is 0 Å². The van der Waals surface area contributed by atoms with Crippen molar-refractivity contribution in [2.75, 3.05) is 7.05 Å². The molecule has 1 aliphatic heterocycles. The van der Waals surface area contributed by atoms with Gasteiger partial charge in [0.25, 0.3) is 0 Å². The van der Waals surface area contributed by atoms with Gasteiger partial charge in [0.05, 0.1) is 5.54 Å². The first kappa shape index (κ1) is 18.7. The van der Waals surface area contributed by atoms with Gasteiger partial charge >= 0.3 is 0 Å². The van der Waals surface area contributed by atoms with Crippen LogP contribution >= 0.6 is 0 Å². The smallest absolute Gasteiger partial charge is 0.227 e. The highest BCUT2D eigenvalue weighted by Gasteiger charge is 2.39. The number of aromatic nitrogens is 1. The number of likely N-dealkylation sites (N-methyl/N-ethyl adjacent to an activating group) is 1. The molecule has 0 aromatic carbocycles. The average Bonchev–Trinajstić information content (AvgIpc) is 3.37. The molecule has 0 radical (unpaired) electrons. The molecule has 0 saturated heterocycles. The number of nitrogens with zero attached hydrogens (tertiary/aromatic N) is 2. The Balaban J connectivity index is 1.61. The lowest BCUT2D eigenvalue weighted by molar-refractivity contribution is 0.318. The fourth-order valence-electron chi connectivity index (χ4n) is 5.52. The van der Waals surface area contributed by atoms with Crippen molar-refractivity contribution in [1.82, 2.24) is 9.88 Å². The molecule has 3 heterocycles. The van der Waals surface area contributed by atoms with Gasteiger partial charge in [-0.05, 0) is 63.7 Å². The lowest BCUT2D eigenvalue weighted by atomic mass is 9.77. The van der Waals surface area contributed by atoms with Crippen LogP contribution in [-0.2, 0) is 6.42 Å². The van der Waals surface area contributed by atoms with E-state index in [0.29, 0.717) is 5.92 Å². The molecule has 0 N–H and O–H groups in total. The lowest BCUT2D eigenvalue weighted by Gasteiger charge is -2.42. The molecule has 1 saturated carbocycles. The molecule has 1 fully saturated rings. The summed E-state index contributed by atoms with van der Waals surface area (Å²) < 4.78 is 6.54. The van der Waals surface area contributed by atoms with E-state index >= 15 is 0 Å². The van der Waals surface area contributed by atoms with E-state index in [2.05, 4.69) is 63.2 Å². The maximum atomic E-state index is 6.54. The largest absolute Gasteiger partial charge is 0.438 e. The number of aryl methyl sites for hydroxylation is 1. The van der Waals surface area contributed by atoms with E-state index in [0.717, 1.165) is 30.7 Å². The predicted octanol–water partition coefficient (Wildman–Crippen LogP) is 6.76. The van der Waals surface area contributed by atoms with Gasteiger partial charge in [0, 0.05) is 41.4 Å². The third-order valence-electron chi connectivity index (χ3n) is 7.49. The molecule has 3 heteroatoms. The van der Waals surface area contributed by atoms with Crippen molar-refractivity contribution >= 4 is 16.7 Å². The number of rotatable bonds is 3. The Morgan fingerprint density at radius 2 is 2.00 bits per heavy atom. The summed E-state index contributed by atoms with van der Waals surface area (Å²) in [5.74, 6) is 1.67. The van der Waals surface area contributed by atoms with Gasteiger partial charge in [-0.2, -0.15) is 0 Å². The third-order valence-corrected chi connectivity index (χ3v) is 7.49. The van der Waals surface area contributed by atoms with Crippen molar-refractivity contribution in [2.45, 2.75) is 77.2 Å². The van der Waals surface area contributed by atoms with E-state index in [9.17, 15) is 0 Å². The first-order valence-electron chi connectivity index (χ1n) is 11.3. The first-order chi connectivity index (χ1) is 14.0. The number of hydrogen-bond donors (Lipinski definition) is 0. The molecule has 0 spiro atoms. The highest BCUT2D eigenvalue weighted by molar-refractivity contribution is 5.89. The van der Waals surface area contributed by atoms with E-state index in [1.165, 1.54) is 59.0 Å². The van der Waals surface area contributed by atoms with Gasteiger partial charge in [0.2, 0.25) is 5.71 Å². The zero-order valence-electron chi connectivity index (χ0n) is 18.2. The summed E-state index contributed by atoms with van der Waals surface area (Å²) in [6, 6.07) is 4.53. The zero-order chi connectivity index (χ0) is 20.2. The summed E-state index contributed by atoms with van der Waals surface area (Å²) in [6.45, 7) is 6.79. The topological polar surface area (TPSA) is 29.3 Å². The number of furan rings is 1. The van der Waals surface area contributed by atoms with Crippen LogP contribution < -0.4 is 0 Å². The van der Waals surface area contributed by atoms with Crippen LogP contribution in [0.3, 0.4) is 0 Å². The minimum absolute atomic E-state index is 0.194. The quantitative estimate of drug-likeness (QED) is 0.582. The molecule has 1 unspecified atom stereocenters. The van der Waals surface area contributed by atoms with Gasteiger partial charge in [0.15, 0.2) is 0 Å². The van der Waals surface area contributed by atoms with E-state index in [4.69, 9.17) is 9.40 Å². The van der Waals surface area contributed by atoms with Gasteiger partial charge in [-0.1, -0.05) is 37.5 Å². The van der Waals surface area contributed by atoms with E-state index < -0.39 is 0 Å². The minimum atomic E-state index is -0.194. The monoisotopic (exact) mass is 388 g/mol. The van der Waals surface area contributed by atoms with E-state index in [-0.39, 0.29) is 5.54 Å². The SMILES string of the molecule is CCC1=CN(C)C(C)(C2=C(C)CCc3c2oc2nc(C4CCCC4)ccc32)C=C1. The van der Waals surface area contributed by atoms with Crippen LogP contribution in [0.15, 0.2) is 46.0 Å². The van der Waals surface area contributed by atoms with Crippen molar-refractivity contribution < 1.29 is 4.42 Å². The second-order valence-electron chi connectivity index (χ2n) is 9.28. The Morgan fingerprint density at radius 3 is 2.72 bits per heavy atom. The standard InChI is InChI=1S/C26H32N2O/c1-5-18-14-15-26(3,28(4)16-18)23-17(2)10-11-20-21-12-13-22(19-8-6-7-9-19)27-25(21)29-24(20)23/h12-16,19H,5-11H2,1-4H3. The number of hydrogen-bond acceptors (Lipinski definition) is 3. The molecule has 1 atom stereocenters. The Labute approximate surface area is 174 Å². The van der Waals surface area contributed by atoms with Crippen molar-refractivity contribution in [3.63, 3.8) is 0 Å². The maximum absolute atomic E-state index is 6.54. The van der Waals surface area contributed by atoms with Crippen molar-refractivity contribution in [3.05, 3.63) is 58.6 Å². The molecule has 152 valence electrons. The lowest BCUT2D eigenvalue weighted by Crippen LogP contribution is -2.42. The summed E-state index contributed by atoms with van der Waals surface area (Å²) in [7, 11) is 2.19. The number of fused-ring (bicyclic) bond motifs is 3. The summed E-state index contributed by atoms with van der Waals surface area (Å²) in [6.07, 6.45) is 15.3. The second-order valence-corrected chi connectivity index (χ2v) is 9.28. The van der Waals surface area contributed by atoms with Gasteiger partial charge < -0.3 is 9.32 Å². The molecular formula is C26H32N2O. The van der Waals surface area contributed by atoms with Crippen molar-refractivity contribution in [3.8, 4) is 0 Å². The Bertz CT molecular complexity index is 1050. The van der Waals surface area contributed by atoms with Gasteiger partial charge in [-0.15, -0.1) is 0 Å². The molecule has 2 aromatic rings. The maximum Gasteiger partial charge on any atom is 0.227 e. The molecule has 0 amide bonds. The number of pyridine rings is 1. The Hall–Kier alpha value is -2.29. The summed E-state index contributed by atoms with van der Waals surface area (Å²) in [5, 5.41) is 1.21. The third kappa shape index (κ3) is 2.89. The van der Waals surface area contributed by atoms with Crippen LogP contribution in [0.2, 0.25) is 0 Å². The summed E-state index contributed by atoms with van der Waals surface area (Å²) >= 11 is 0. The van der Waals surface area contributed by atoms with Crippen LogP contribution in [0, 0.1) is 0 Å². The number of allylic oxidation sites excluding steroid dienone is 3. The van der Waals surface area contributed by atoms with Crippen LogP contribution in [0.5, 0.6) is 0 Å². The van der Waals surface area contributed by atoms with Crippen LogP contribution in [0.4, 0.5) is 0 Å². The van der Waals surface area contributed by atoms with E-state index in [1.54, 1.807) is 0 Å². The fraction of sp³-hybridized carbons (Fsp3) is 0.500.